The highest BCUT2D eigenvalue weighted by Crippen LogP contribution is 2.26. The Hall–Kier alpha value is -0.190. The van der Waals surface area contributed by atoms with E-state index in [4.69, 9.17) is 4.74 Å². The molecule has 0 saturated carbocycles. The van der Waals surface area contributed by atoms with E-state index in [0.717, 1.165) is 24.1 Å². The molecule has 15 heavy (non-hydrogen) atoms. The molecule has 1 aromatic heterocycles. The molecule has 1 fully saturated rings. The summed E-state index contributed by atoms with van der Waals surface area (Å²) < 4.78 is 5.27. The molecule has 2 nitrogen and oxygen atoms in total. The average molecular weight is 243 g/mol. The maximum absolute atomic E-state index is 5.27. The van der Waals surface area contributed by atoms with Crippen molar-refractivity contribution >= 4 is 23.1 Å². The summed E-state index contributed by atoms with van der Waals surface area (Å²) in [6.07, 6.45) is 2.76. The first kappa shape index (κ1) is 11.3. The number of hydrogen-bond acceptors (Lipinski definition) is 4. The molecule has 2 rings (SSSR count). The van der Waals surface area contributed by atoms with Crippen LogP contribution in [0.4, 0.5) is 0 Å². The Kier molecular flexibility index (Phi) is 4.35. The van der Waals surface area contributed by atoms with Crippen molar-refractivity contribution in [1.29, 1.82) is 0 Å². The second kappa shape index (κ2) is 5.77. The molecule has 0 radical (unpaired) electrons. The normalized spacial score (nSPS) is 20.7. The van der Waals surface area contributed by atoms with Gasteiger partial charge >= 0.3 is 0 Å². The van der Waals surface area contributed by atoms with E-state index in [9.17, 15) is 0 Å². The lowest BCUT2D eigenvalue weighted by Crippen LogP contribution is -2.22. The molecule has 0 spiro atoms. The zero-order valence-corrected chi connectivity index (χ0v) is 10.6. The molecule has 0 aliphatic carbocycles. The summed E-state index contributed by atoms with van der Waals surface area (Å²) in [5.74, 6) is 2.36. The highest BCUT2D eigenvalue weighted by Gasteiger charge is 2.15. The van der Waals surface area contributed by atoms with Gasteiger partial charge in [-0.25, -0.2) is 0 Å². The van der Waals surface area contributed by atoms with Crippen LogP contribution in [0.2, 0.25) is 0 Å². The van der Waals surface area contributed by atoms with E-state index in [0.29, 0.717) is 0 Å². The van der Waals surface area contributed by atoms with Gasteiger partial charge in [0, 0.05) is 18.3 Å². The summed E-state index contributed by atoms with van der Waals surface area (Å²) in [6, 6.07) is 2.03. The van der Waals surface area contributed by atoms with Crippen molar-refractivity contribution in [2.45, 2.75) is 24.6 Å². The van der Waals surface area contributed by atoms with Crippen LogP contribution in [0, 0.1) is 0 Å². The van der Waals surface area contributed by atoms with E-state index >= 15 is 0 Å². The molecule has 1 aromatic rings. The van der Waals surface area contributed by atoms with Crippen molar-refractivity contribution in [3.8, 4) is 5.75 Å². The highest BCUT2D eigenvalue weighted by atomic mass is 32.2. The van der Waals surface area contributed by atoms with Crippen molar-refractivity contribution in [3.63, 3.8) is 0 Å². The van der Waals surface area contributed by atoms with Gasteiger partial charge in [0.05, 0.1) is 12.0 Å². The highest BCUT2D eigenvalue weighted by molar-refractivity contribution is 8.00. The molecule has 1 N–H and O–H groups in total. The Morgan fingerprint density at radius 3 is 3.27 bits per heavy atom. The molecule has 0 bridgehead atoms. The SMILES string of the molecule is COc1ccsc1CNCC1CCCS1. The number of hydrogen-bond donors (Lipinski definition) is 1. The zero-order valence-electron chi connectivity index (χ0n) is 8.99. The molecule has 1 saturated heterocycles. The molecule has 1 aliphatic rings. The van der Waals surface area contributed by atoms with Crippen molar-refractivity contribution < 1.29 is 4.74 Å². The first-order chi connectivity index (χ1) is 7.40. The second-order valence-corrected chi connectivity index (χ2v) is 6.09. The standard InChI is InChI=1S/C11H17NOS2/c1-13-10-4-6-15-11(10)8-12-7-9-3-2-5-14-9/h4,6,9,12H,2-3,5,7-8H2,1H3. The molecular weight excluding hydrogens is 226 g/mol. The molecule has 1 unspecified atom stereocenters. The number of thioether (sulfide) groups is 1. The van der Waals surface area contributed by atoms with Crippen LogP contribution in [0.3, 0.4) is 0 Å². The van der Waals surface area contributed by atoms with Crippen molar-refractivity contribution in [3.05, 3.63) is 16.3 Å². The lowest BCUT2D eigenvalue weighted by Gasteiger charge is -2.09. The van der Waals surface area contributed by atoms with E-state index in [2.05, 4.69) is 22.5 Å². The third-order valence-electron chi connectivity index (χ3n) is 2.61. The van der Waals surface area contributed by atoms with Gasteiger partial charge in [0.1, 0.15) is 5.75 Å². The van der Waals surface area contributed by atoms with Gasteiger partial charge in [-0.05, 0) is 30.0 Å². The number of thiophene rings is 1. The molecule has 84 valence electrons. The monoisotopic (exact) mass is 243 g/mol. The molecular formula is C11H17NOS2. The predicted octanol–water partition coefficient (Wildman–Crippen LogP) is 2.74. The number of ether oxygens (including phenoxy) is 1. The Labute approximate surface area is 99.4 Å². The van der Waals surface area contributed by atoms with Crippen LogP contribution in [0.5, 0.6) is 5.75 Å². The molecule has 2 heterocycles. The maximum atomic E-state index is 5.27. The van der Waals surface area contributed by atoms with Gasteiger partial charge in [0.15, 0.2) is 0 Å². The minimum Gasteiger partial charge on any atom is -0.496 e. The van der Waals surface area contributed by atoms with E-state index in [-0.39, 0.29) is 0 Å². The maximum Gasteiger partial charge on any atom is 0.134 e. The third-order valence-corrected chi connectivity index (χ3v) is 4.91. The van der Waals surface area contributed by atoms with Crippen LogP contribution in [0.1, 0.15) is 17.7 Å². The van der Waals surface area contributed by atoms with Crippen molar-refractivity contribution in [2.75, 3.05) is 19.4 Å². The van der Waals surface area contributed by atoms with Gasteiger partial charge in [-0.1, -0.05) is 0 Å². The largest absolute Gasteiger partial charge is 0.496 e. The number of methoxy groups -OCH3 is 1. The molecule has 1 atom stereocenters. The van der Waals surface area contributed by atoms with E-state index in [1.807, 2.05) is 6.07 Å². The van der Waals surface area contributed by atoms with Crippen molar-refractivity contribution in [1.82, 2.24) is 5.32 Å². The molecule has 4 heteroatoms. The Bertz CT molecular complexity index is 295. The number of nitrogens with one attached hydrogen (secondary N) is 1. The fourth-order valence-corrected chi connectivity index (χ4v) is 3.84. The van der Waals surface area contributed by atoms with E-state index in [1.165, 1.54) is 23.5 Å². The summed E-state index contributed by atoms with van der Waals surface area (Å²) in [5.41, 5.74) is 0. The van der Waals surface area contributed by atoms with Crippen molar-refractivity contribution in [2.24, 2.45) is 0 Å². The quantitative estimate of drug-likeness (QED) is 0.859. The van der Waals surface area contributed by atoms with Gasteiger partial charge < -0.3 is 10.1 Å². The average Bonchev–Trinajstić information content (AvgIpc) is 2.88. The van der Waals surface area contributed by atoms with Gasteiger partial charge in [0.2, 0.25) is 0 Å². The summed E-state index contributed by atoms with van der Waals surface area (Å²) in [4.78, 5) is 1.31. The molecule has 0 amide bonds. The van der Waals surface area contributed by atoms with Gasteiger partial charge in [0.25, 0.3) is 0 Å². The smallest absolute Gasteiger partial charge is 0.134 e. The van der Waals surface area contributed by atoms with Gasteiger partial charge in [-0.3, -0.25) is 0 Å². The minimum atomic E-state index is 0.830. The minimum absolute atomic E-state index is 0.830. The van der Waals surface area contributed by atoms with E-state index in [1.54, 1.807) is 18.4 Å². The zero-order chi connectivity index (χ0) is 10.5. The summed E-state index contributed by atoms with van der Waals surface area (Å²) in [7, 11) is 1.73. The summed E-state index contributed by atoms with van der Waals surface area (Å²) in [6.45, 7) is 2.07. The second-order valence-electron chi connectivity index (χ2n) is 3.68. The Morgan fingerprint density at radius 2 is 2.53 bits per heavy atom. The first-order valence-corrected chi connectivity index (χ1v) is 7.25. The lowest BCUT2D eigenvalue weighted by molar-refractivity contribution is 0.410. The van der Waals surface area contributed by atoms with Crippen LogP contribution in [0.25, 0.3) is 0 Å². The van der Waals surface area contributed by atoms with Crippen LogP contribution in [-0.4, -0.2) is 24.7 Å². The molecule has 1 aliphatic heterocycles. The Morgan fingerprint density at radius 1 is 1.60 bits per heavy atom. The fraction of sp³-hybridized carbons (Fsp3) is 0.636. The lowest BCUT2D eigenvalue weighted by atomic mass is 10.2. The molecule has 0 aromatic carbocycles. The van der Waals surface area contributed by atoms with Crippen LogP contribution in [-0.2, 0) is 6.54 Å². The summed E-state index contributed by atoms with van der Waals surface area (Å²) in [5, 5.41) is 6.43. The van der Waals surface area contributed by atoms with E-state index < -0.39 is 0 Å². The third kappa shape index (κ3) is 3.13. The van der Waals surface area contributed by atoms with Crippen LogP contribution in [0.15, 0.2) is 11.4 Å². The fourth-order valence-electron chi connectivity index (χ4n) is 1.79. The summed E-state index contributed by atoms with van der Waals surface area (Å²) >= 11 is 3.86. The van der Waals surface area contributed by atoms with Crippen LogP contribution >= 0.6 is 23.1 Å². The predicted molar refractivity (Wildman–Crippen MR) is 68.1 cm³/mol. The van der Waals surface area contributed by atoms with Crippen LogP contribution < -0.4 is 10.1 Å². The first-order valence-electron chi connectivity index (χ1n) is 5.33. The van der Waals surface area contributed by atoms with Gasteiger partial charge in [-0.2, -0.15) is 11.8 Å². The Balaban J connectivity index is 1.73. The number of rotatable bonds is 5. The van der Waals surface area contributed by atoms with Gasteiger partial charge in [-0.15, -0.1) is 11.3 Å². The topological polar surface area (TPSA) is 21.3 Å².